The zero-order valence-corrected chi connectivity index (χ0v) is 15.2. The zero-order chi connectivity index (χ0) is 16.7. The first-order chi connectivity index (χ1) is 11.6. The summed E-state index contributed by atoms with van der Waals surface area (Å²) >= 11 is 9.68. The number of hydrogen-bond donors (Lipinski definition) is 1. The first-order valence-corrected chi connectivity index (χ1v) is 9.75. The first-order valence-electron chi connectivity index (χ1n) is 7.44. The van der Waals surface area contributed by atoms with Crippen LogP contribution < -0.4 is 5.32 Å². The van der Waals surface area contributed by atoms with Crippen molar-refractivity contribution in [2.75, 3.05) is 11.1 Å². The van der Waals surface area contributed by atoms with Gasteiger partial charge in [-0.2, -0.15) is 5.10 Å². The average Bonchev–Trinajstić information content (AvgIpc) is 3.15. The standard InChI is InChI=1S/C17H14ClN3OS2/c1-10-15-16(13-7-4-8-23-13)24-9-14(22)19-17(15)21(20-10)12-6-3-2-5-11(12)18/h2-8,16H,9H2,1H3,(H,19,22). The van der Waals surface area contributed by atoms with E-state index in [1.54, 1.807) is 27.8 Å². The fourth-order valence-electron chi connectivity index (χ4n) is 2.85. The van der Waals surface area contributed by atoms with E-state index in [2.05, 4.69) is 21.9 Å². The average molecular weight is 376 g/mol. The summed E-state index contributed by atoms with van der Waals surface area (Å²) in [6.45, 7) is 1.98. The van der Waals surface area contributed by atoms with E-state index in [4.69, 9.17) is 11.6 Å². The molecule has 0 fully saturated rings. The van der Waals surface area contributed by atoms with Gasteiger partial charge in [-0.15, -0.1) is 23.1 Å². The van der Waals surface area contributed by atoms with E-state index in [0.29, 0.717) is 16.6 Å². The molecule has 1 amide bonds. The van der Waals surface area contributed by atoms with Gasteiger partial charge in [0.1, 0.15) is 5.82 Å². The van der Waals surface area contributed by atoms with E-state index >= 15 is 0 Å². The van der Waals surface area contributed by atoms with Crippen LogP contribution in [0.2, 0.25) is 5.02 Å². The van der Waals surface area contributed by atoms with Crippen molar-refractivity contribution >= 4 is 46.4 Å². The van der Waals surface area contributed by atoms with Crippen LogP contribution in [-0.2, 0) is 4.79 Å². The van der Waals surface area contributed by atoms with E-state index < -0.39 is 0 Å². The Kier molecular flexibility index (Phi) is 4.12. The highest BCUT2D eigenvalue weighted by Crippen LogP contribution is 2.45. The van der Waals surface area contributed by atoms with Gasteiger partial charge in [-0.05, 0) is 30.5 Å². The fraction of sp³-hybridized carbons (Fsp3) is 0.176. The molecule has 0 spiro atoms. The van der Waals surface area contributed by atoms with Crippen molar-refractivity contribution in [3.8, 4) is 5.69 Å². The first kappa shape index (κ1) is 15.7. The Bertz CT molecular complexity index is 905. The smallest absolute Gasteiger partial charge is 0.235 e. The van der Waals surface area contributed by atoms with Gasteiger partial charge in [0.25, 0.3) is 0 Å². The van der Waals surface area contributed by atoms with E-state index in [-0.39, 0.29) is 11.2 Å². The van der Waals surface area contributed by atoms with Gasteiger partial charge in [0.15, 0.2) is 0 Å². The lowest BCUT2D eigenvalue weighted by Gasteiger charge is -2.13. The predicted octanol–water partition coefficient (Wildman–Crippen LogP) is 4.67. The summed E-state index contributed by atoms with van der Waals surface area (Å²) in [6.07, 6.45) is 0. The molecule has 1 N–H and O–H groups in total. The molecular weight excluding hydrogens is 362 g/mol. The van der Waals surface area contributed by atoms with Crippen LogP contribution in [0.4, 0.5) is 5.82 Å². The Labute approximate surface area is 152 Å². The molecule has 0 saturated heterocycles. The summed E-state index contributed by atoms with van der Waals surface area (Å²) < 4.78 is 1.75. The van der Waals surface area contributed by atoms with Crippen molar-refractivity contribution in [1.82, 2.24) is 9.78 Å². The number of carbonyl (C=O) groups is 1. The van der Waals surface area contributed by atoms with E-state index in [1.165, 1.54) is 4.88 Å². The van der Waals surface area contributed by atoms with Gasteiger partial charge in [-0.25, -0.2) is 4.68 Å². The van der Waals surface area contributed by atoms with Crippen LogP contribution in [0, 0.1) is 6.92 Å². The van der Waals surface area contributed by atoms with Gasteiger partial charge < -0.3 is 5.32 Å². The molecule has 7 heteroatoms. The Morgan fingerprint density at radius 1 is 1.29 bits per heavy atom. The van der Waals surface area contributed by atoms with Gasteiger partial charge >= 0.3 is 0 Å². The monoisotopic (exact) mass is 375 g/mol. The molecule has 1 aliphatic heterocycles. The van der Waals surface area contributed by atoms with Crippen LogP contribution in [0.1, 0.15) is 21.4 Å². The van der Waals surface area contributed by atoms with Gasteiger partial charge in [0.2, 0.25) is 5.91 Å². The lowest BCUT2D eigenvalue weighted by atomic mass is 10.1. The third-order valence-electron chi connectivity index (χ3n) is 3.89. The number of thiophene rings is 1. The Morgan fingerprint density at radius 3 is 2.88 bits per heavy atom. The number of para-hydroxylation sites is 1. The van der Waals surface area contributed by atoms with Crippen molar-refractivity contribution in [1.29, 1.82) is 0 Å². The second-order valence-corrected chi connectivity index (χ2v) is 7.95. The molecule has 122 valence electrons. The van der Waals surface area contributed by atoms with Crippen LogP contribution in [0.25, 0.3) is 5.69 Å². The highest BCUT2D eigenvalue weighted by molar-refractivity contribution is 8.00. The lowest BCUT2D eigenvalue weighted by Crippen LogP contribution is -2.16. The molecule has 0 bridgehead atoms. The number of nitrogens with one attached hydrogen (secondary N) is 1. The van der Waals surface area contributed by atoms with Crippen LogP contribution >= 0.6 is 34.7 Å². The van der Waals surface area contributed by atoms with Crippen molar-refractivity contribution in [3.63, 3.8) is 0 Å². The van der Waals surface area contributed by atoms with Crippen molar-refractivity contribution in [3.05, 3.63) is 62.9 Å². The Morgan fingerprint density at radius 2 is 2.12 bits per heavy atom. The second-order valence-electron chi connectivity index (χ2n) is 5.47. The molecule has 0 aliphatic carbocycles. The van der Waals surface area contributed by atoms with E-state index in [1.807, 2.05) is 37.3 Å². The van der Waals surface area contributed by atoms with Gasteiger partial charge in [0, 0.05) is 10.4 Å². The number of fused-ring (bicyclic) bond motifs is 1. The van der Waals surface area contributed by atoms with Crippen LogP contribution in [-0.4, -0.2) is 21.4 Å². The molecule has 4 nitrogen and oxygen atoms in total. The molecule has 3 aromatic rings. The number of nitrogens with zero attached hydrogens (tertiary/aromatic N) is 2. The minimum absolute atomic E-state index is 0.0199. The molecule has 0 radical (unpaired) electrons. The number of aryl methyl sites for hydroxylation is 1. The Balaban J connectivity index is 1.93. The molecule has 24 heavy (non-hydrogen) atoms. The molecule has 2 aromatic heterocycles. The maximum Gasteiger partial charge on any atom is 0.235 e. The third kappa shape index (κ3) is 2.64. The quantitative estimate of drug-likeness (QED) is 0.708. The Hall–Kier alpha value is -1.76. The van der Waals surface area contributed by atoms with Gasteiger partial charge in [-0.1, -0.05) is 29.8 Å². The summed E-state index contributed by atoms with van der Waals surface area (Å²) in [5.41, 5.74) is 2.71. The molecule has 0 saturated carbocycles. The summed E-state index contributed by atoms with van der Waals surface area (Å²) in [6, 6.07) is 11.7. The van der Waals surface area contributed by atoms with Crippen molar-refractivity contribution < 1.29 is 4.79 Å². The largest absolute Gasteiger partial charge is 0.310 e. The zero-order valence-electron chi connectivity index (χ0n) is 12.8. The van der Waals surface area contributed by atoms with Crippen LogP contribution in [0.5, 0.6) is 0 Å². The third-order valence-corrected chi connectivity index (χ3v) is 6.55. The fourth-order valence-corrected chi connectivity index (χ4v) is 5.23. The van der Waals surface area contributed by atoms with Crippen molar-refractivity contribution in [2.24, 2.45) is 0 Å². The van der Waals surface area contributed by atoms with E-state index in [0.717, 1.165) is 16.9 Å². The minimum atomic E-state index is -0.0199. The topological polar surface area (TPSA) is 46.9 Å². The maximum absolute atomic E-state index is 12.2. The number of aromatic nitrogens is 2. The highest BCUT2D eigenvalue weighted by atomic mass is 35.5. The number of hydrogen-bond acceptors (Lipinski definition) is 4. The number of carbonyl (C=O) groups excluding carboxylic acids is 1. The highest BCUT2D eigenvalue weighted by Gasteiger charge is 2.31. The molecular formula is C17H14ClN3OS2. The molecule has 1 aliphatic rings. The lowest BCUT2D eigenvalue weighted by molar-refractivity contribution is -0.113. The number of amides is 1. The molecule has 1 atom stereocenters. The summed E-state index contributed by atoms with van der Waals surface area (Å²) in [5, 5.41) is 10.4. The number of thioether (sulfide) groups is 1. The summed E-state index contributed by atoms with van der Waals surface area (Å²) in [4.78, 5) is 13.5. The van der Waals surface area contributed by atoms with Crippen LogP contribution in [0.3, 0.4) is 0 Å². The second kappa shape index (κ2) is 6.27. The number of anilines is 1. The van der Waals surface area contributed by atoms with Crippen LogP contribution in [0.15, 0.2) is 41.8 Å². The summed E-state index contributed by atoms with van der Waals surface area (Å²) in [5.74, 6) is 1.11. The predicted molar refractivity (Wildman–Crippen MR) is 101 cm³/mol. The number of halogens is 1. The number of benzene rings is 1. The molecule has 1 aromatic carbocycles. The van der Waals surface area contributed by atoms with Gasteiger partial charge in [0.05, 0.1) is 27.4 Å². The SMILES string of the molecule is Cc1nn(-c2ccccc2Cl)c2c1C(c1cccs1)SCC(=O)N2. The molecule has 4 rings (SSSR count). The molecule has 3 heterocycles. The van der Waals surface area contributed by atoms with Crippen molar-refractivity contribution in [2.45, 2.75) is 12.2 Å². The normalized spacial score (nSPS) is 17.2. The summed E-state index contributed by atoms with van der Waals surface area (Å²) in [7, 11) is 0. The van der Waals surface area contributed by atoms with Gasteiger partial charge in [-0.3, -0.25) is 4.79 Å². The minimum Gasteiger partial charge on any atom is -0.310 e. The maximum atomic E-state index is 12.2. The number of rotatable bonds is 2. The molecule has 1 unspecified atom stereocenters. The van der Waals surface area contributed by atoms with E-state index in [9.17, 15) is 4.79 Å².